The Labute approximate surface area is 184 Å². The number of para-hydroxylation sites is 1. The van der Waals surface area contributed by atoms with Crippen molar-refractivity contribution >= 4 is 16.8 Å². The summed E-state index contributed by atoms with van der Waals surface area (Å²) < 4.78 is 1.09. The zero-order chi connectivity index (χ0) is 22.7. The summed E-state index contributed by atoms with van der Waals surface area (Å²) in [5.74, 6) is -0.275. The van der Waals surface area contributed by atoms with Crippen LogP contribution in [-0.4, -0.2) is 41.0 Å². The molecule has 1 unspecified atom stereocenters. The maximum Gasteiger partial charge on any atom is 0.333 e. The molecule has 0 bridgehead atoms. The van der Waals surface area contributed by atoms with Crippen molar-refractivity contribution in [2.45, 2.75) is 6.04 Å². The molecule has 32 heavy (non-hydrogen) atoms. The minimum absolute atomic E-state index is 0.0125. The van der Waals surface area contributed by atoms with Crippen LogP contribution in [0.15, 0.2) is 88.5 Å². The Morgan fingerprint density at radius 2 is 1.62 bits per heavy atom. The number of H-pyrrole nitrogens is 1. The normalized spacial score (nSPS) is 12.1. The molecular formula is C25H24N4O3. The summed E-state index contributed by atoms with van der Waals surface area (Å²) in [6.07, 6.45) is 0. The molecule has 4 rings (SSSR count). The lowest BCUT2D eigenvalue weighted by atomic mass is 10.1. The van der Waals surface area contributed by atoms with Crippen LogP contribution in [0.25, 0.3) is 16.6 Å². The van der Waals surface area contributed by atoms with Crippen molar-refractivity contribution in [1.82, 2.24) is 19.8 Å². The van der Waals surface area contributed by atoms with Gasteiger partial charge in [0, 0.05) is 12.1 Å². The molecule has 0 aliphatic carbocycles. The summed E-state index contributed by atoms with van der Waals surface area (Å²) in [5, 5.41) is 3.29. The van der Waals surface area contributed by atoms with Gasteiger partial charge in [0.1, 0.15) is 0 Å². The van der Waals surface area contributed by atoms with E-state index in [4.69, 9.17) is 0 Å². The minimum Gasteiger partial charge on any atom is -0.350 e. The average Bonchev–Trinajstić information content (AvgIpc) is 2.80. The second-order valence-electron chi connectivity index (χ2n) is 7.77. The van der Waals surface area contributed by atoms with Gasteiger partial charge in [-0.2, -0.15) is 0 Å². The van der Waals surface area contributed by atoms with Crippen LogP contribution in [0.5, 0.6) is 0 Å². The van der Waals surface area contributed by atoms with Crippen LogP contribution in [0, 0.1) is 0 Å². The Morgan fingerprint density at radius 1 is 0.969 bits per heavy atom. The topological polar surface area (TPSA) is 87.2 Å². The summed E-state index contributed by atoms with van der Waals surface area (Å²) in [4.78, 5) is 43.1. The quantitative estimate of drug-likeness (QED) is 0.494. The second-order valence-corrected chi connectivity index (χ2v) is 7.77. The monoisotopic (exact) mass is 428 g/mol. The summed E-state index contributed by atoms with van der Waals surface area (Å²) in [7, 11) is 3.92. The summed E-state index contributed by atoms with van der Waals surface area (Å²) in [6, 6.07) is 23.4. The number of aromatic amines is 1. The number of rotatable bonds is 6. The Hall–Kier alpha value is -3.97. The highest BCUT2D eigenvalue weighted by Crippen LogP contribution is 2.17. The van der Waals surface area contributed by atoms with Gasteiger partial charge < -0.3 is 15.2 Å². The first kappa shape index (κ1) is 21.3. The van der Waals surface area contributed by atoms with Crippen LogP contribution >= 0.6 is 0 Å². The summed E-state index contributed by atoms with van der Waals surface area (Å²) in [6.45, 7) is 0.417. The van der Waals surface area contributed by atoms with Gasteiger partial charge in [0.2, 0.25) is 0 Å². The van der Waals surface area contributed by atoms with Crippen LogP contribution < -0.4 is 16.6 Å². The number of benzene rings is 3. The number of likely N-dealkylation sites (N-methyl/N-ethyl adjacent to an activating group) is 1. The smallest absolute Gasteiger partial charge is 0.333 e. The number of hydrogen-bond donors (Lipinski definition) is 2. The molecule has 1 atom stereocenters. The van der Waals surface area contributed by atoms with Crippen LogP contribution in [0.4, 0.5) is 0 Å². The van der Waals surface area contributed by atoms with Crippen LogP contribution in [0.2, 0.25) is 0 Å². The third kappa shape index (κ3) is 4.24. The van der Waals surface area contributed by atoms with Gasteiger partial charge in [-0.1, -0.05) is 48.5 Å². The maximum atomic E-state index is 12.9. The number of fused-ring (bicyclic) bond motifs is 1. The highest BCUT2D eigenvalue weighted by atomic mass is 16.2. The highest BCUT2D eigenvalue weighted by Gasteiger charge is 2.17. The molecule has 0 aliphatic rings. The molecule has 162 valence electrons. The van der Waals surface area contributed by atoms with Gasteiger partial charge in [0.15, 0.2) is 0 Å². The van der Waals surface area contributed by atoms with Gasteiger partial charge in [-0.15, -0.1) is 0 Å². The Bertz CT molecular complexity index is 1360. The largest absolute Gasteiger partial charge is 0.350 e. The molecule has 0 aliphatic heterocycles. The number of nitrogens with one attached hydrogen (secondary N) is 2. The van der Waals surface area contributed by atoms with Crippen molar-refractivity contribution in [3.8, 4) is 5.69 Å². The maximum absolute atomic E-state index is 12.9. The van der Waals surface area contributed by atoms with Gasteiger partial charge in [-0.3, -0.25) is 9.59 Å². The van der Waals surface area contributed by atoms with Crippen LogP contribution in [0.3, 0.4) is 0 Å². The standard InChI is InChI=1S/C25H24N4O3/c1-28(2)22(17-9-5-3-6-10-17)16-26-23(30)18-13-14-20-21(15-18)27-25(32)29(24(20)31)19-11-7-4-8-12-19/h3-15,22H,16H2,1-2H3,(H,26,30)(H,27,32). The molecule has 0 radical (unpaired) electrons. The van der Waals surface area contributed by atoms with E-state index in [-0.39, 0.29) is 11.9 Å². The average molecular weight is 428 g/mol. The molecule has 1 heterocycles. The summed E-state index contributed by atoms with van der Waals surface area (Å²) >= 11 is 0. The van der Waals surface area contributed by atoms with Gasteiger partial charge in [-0.25, -0.2) is 9.36 Å². The SMILES string of the molecule is CN(C)C(CNC(=O)c1ccc2c(=O)n(-c3ccccc3)c(=O)[nH]c2c1)c1ccccc1. The lowest BCUT2D eigenvalue weighted by Gasteiger charge is -2.25. The molecule has 2 N–H and O–H groups in total. The predicted octanol–water partition coefficient (Wildman–Crippen LogP) is 2.71. The molecule has 0 saturated heterocycles. The van der Waals surface area contributed by atoms with E-state index >= 15 is 0 Å². The molecule has 7 nitrogen and oxygen atoms in total. The third-order valence-corrected chi connectivity index (χ3v) is 5.44. The minimum atomic E-state index is -0.553. The highest BCUT2D eigenvalue weighted by molar-refractivity contribution is 5.97. The van der Waals surface area contributed by atoms with E-state index in [9.17, 15) is 14.4 Å². The molecule has 1 amide bonds. The molecule has 4 aromatic rings. The van der Waals surface area contributed by atoms with Crippen molar-refractivity contribution in [1.29, 1.82) is 0 Å². The number of amides is 1. The fourth-order valence-corrected chi connectivity index (χ4v) is 3.74. The first-order valence-corrected chi connectivity index (χ1v) is 10.3. The van der Waals surface area contributed by atoms with Gasteiger partial charge in [0.25, 0.3) is 11.5 Å². The second kappa shape index (κ2) is 9.03. The van der Waals surface area contributed by atoms with E-state index in [1.54, 1.807) is 36.4 Å². The van der Waals surface area contributed by atoms with E-state index in [1.165, 1.54) is 6.07 Å². The number of aromatic nitrogens is 2. The number of carbonyl (C=O) groups excluding carboxylic acids is 1. The molecule has 1 aromatic heterocycles. The Balaban J connectivity index is 1.61. The Kier molecular flexibility index (Phi) is 6.00. The van der Waals surface area contributed by atoms with Crippen molar-refractivity contribution in [2.75, 3.05) is 20.6 Å². The van der Waals surface area contributed by atoms with Gasteiger partial charge in [0.05, 0.1) is 22.6 Å². The number of nitrogens with zero attached hydrogens (tertiary/aromatic N) is 2. The number of hydrogen-bond acceptors (Lipinski definition) is 4. The van der Waals surface area contributed by atoms with E-state index in [2.05, 4.69) is 10.3 Å². The van der Waals surface area contributed by atoms with Crippen molar-refractivity contribution in [3.63, 3.8) is 0 Å². The van der Waals surface area contributed by atoms with Crippen LogP contribution in [0.1, 0.15) is 22.0 Å². The molecule has 0 fully saturated rings. The van der Waals surface area contributed by atoms with Crippen molar-refractivity contribution < 1.29 is 4.79 Å². The third-order valence-electron chi connectivity index (χ3n) is 5.44. The molecule has 0 spiro atoms. The predicted molar refractivity (Wildman–Crippen MR) is 125 cm³/mol. The first-order valence-electron chi connectivity index (χ1n) is 10.3. The fraction of sp³-hybridized carbons (Fsp3) is 0.160. The number of carbonyl (C=O) groups is 1. The lowest BCUT2D eigenvalue weighted by molar-refractivity contribution is 0.0942. The van der Waals surface area contributed by atoms with E-state index in [0.717, 1.165) is 10.1 Å². The Morgan fingerprint density at radius 3 is 2.28 bits per heavy atom. The molecule has 3 aromatic carbocycles. The molecule has 7 heteroatoms. The first-order chi connectivity index (χ1) is 15.5. The van der Waals surface area contributed by atoms with Crippen molar-refractivity contribution in [2.24, 2.45) is 0 Å². The zero-order valence-corrected chi connectivity index (χ0v) is 17.9. The van der Waals surface area contributed by atoms with Crippen molar-refractivity contribution in [3.05, 3.63) is 111 Å². The van der Waals surface area contributed by atoms with E-state index in [0.29, 0.717) is 28.7 Å². The van der Waals surface area contributed by atoms with E-state index in [1.807, 2.05) is 55.4 Å². The summed E-state index contributed by atoms with van der Waals surface area (Å²) in [5.41, 5.74) is 1.30. The van der Waals surface area contributed by atoms with Gasteiger partial charge >= 0.3 is 5.69 Å². The fourth-order valence-electron chi connectivity index (χ4n) is 3.74. The lowest BCUT2D eigenvalue weighted by Crippen LogP contribution is -2.35. The van der Waals surface area contributed by atoms with E-state index < -0.39 is 11.2 Å². The van der Waals surface area contributed by atoms with Gasteiger partial charge in [-0.05, 0) is 50.0 Å². The van der Waals surface area contributed by atoms with Crippen LogP contribution in [-0.2, 0) is 0 Å². The molecule has 0 saturated carbocycles. The zero-order valence-electron chi connectivity index (χ0n) is 17.9. The molecular weight excluding hydrogens is 404 g/mol.